The highest BCUT2D eigenvalue weighted by atomic mass is 32.1. The lowest BCUT2D eigenvalue weighted by Crippen LogP contribution is -2.31. The lowest BCUT2D eigenvalue weighted by molar-refractivity contribution is 0.0944. The number of benzene rings is 1. The molecule has 1 unspecified atom stereocenters. The highest BCUT2D eigenvalue weighted by Gasteiger charge is 2.24. The van der Waals surface area contributed by atoms with E-state index in [1.165, 1.54) is 0 Å². The van der Waals surface area contributed by atoms with Gasteiger partial charge >= 0.3 is 0 Å². The minimum atomic E-state index is -0.384. The van der Waals surface area contributed by atoms with Gasteiger partial charge in [-0.1, -0.05) is 23.5 Å². The van der Waals surface area contributed by atoms with E-state index in [9.17, 15) is 4.79 Å². The summed E-state index contributed by atoms with van der Waals surface area (Å²) in [6.07, 6.45) is 4.22. The first-order valence-electron chi connectivity index (χ1n) is 7.87. The Labute approximate surface area is 149 Å². The predicted molar refractivity (Wildman–Crippen MR) is 94.8 cm³/mol. The van der Waals surface area contributed by atoms with Crippen molar-refractivity contribution in [2.75, 3.05) is 7.11 Å². The average Bonchev–Trinajstić information content (AvgIpc) is 3.28. The Kier molecular flexibility index (Phi) is 5.08. The van der Waals surface area contributed by atoms with E-state index in [1.807, 2.05) is 49.0 Å². The summed E-state index contributed by atoms with van der Waals surface area (Å²) < 4.78 is 11.0. The van der Waals surface area contributed by atoms with Gasteiger partial charge < -0.3 is 14.6 Å². The smallest absolute Gasteiger partial charge is 0.265 e. The number of imidazole rings is 1. The molecule has 0 bridgehead atoms. The molecule has 7 nitrogen and oxygen atoms in total. The fourth-order valence-corrected chi connectivity index (χ4v) is 3.21. The average molecular weight is 357 g/mol. The van der Waals surface area contributed by atoms with Crippen LogP contribution in [0.2, 0.25) is 0 Å². The maximum absolute atomic E-state index is 12.8. The number of carbonyl (C=O) groups is 1. The molecular weight excluding hydrogens is 338 g/mol. The van der Waals surface area contributed by atoms with E-state index in [0.29, 0.717) is 17.0 Å². The van der Waals surface area contributed by atoms with Crippen LogP contribution in [-0.2, 0) is 13.5 Å². The molecule has 0 saturated carbocycles. The van der Waals surface area contributed by atoms with Crippen LogP contribution in [0.3, 0.4) is 0 Å². The Bertz CT molecular complexity index is 856. The zero-order valence-corrected chi connectivity index (χ0v) is 15.1. The standard InChI is InChI=1S/C17H19N5O2S/c1-4-13-15(25-21-20-13)17(23)19-14(16-18-9-10-22(16)2)11-5-7-12(24-3)8-6-11/h5-10,14H,4H2,1-3H3,(H,19,23). The molecule has 3 rings (SSSR count). The number of nitrogens with zero attached hydrogens (tertiary/aromatic N) is 4. The van der Waals surface area contributed by atoms with Crippen LogP contribution in [0, 0.1) is 0 Å². The topological polar surface area (TPSA) is 81.9 Å². The largest absolute Gasteiger partial charge is 0.497 e. The number of aromatic nitrogens is 4. The first-order valence-corrected chi connectivity index (χ1v) is 8.64. The van der Waals surface area contributed by atoms with Crippen molar-refractivity contribution in [3.8, 4) is 5.75 Å². The first-order chi connectivity index (χ1) is 12.1. The zero-order chi connectivity index (χ0) is 17.8. The SMILES string of the molecule is CCc1nnsc1C(=O)NC(c1ccc(OC)cc1)c1nccn1C. The van der Waals surface area contributed by atoms with Crippen LogP contribution in [0.5, 0.6) is 5.75 Å². The van der Waals surface area contributed by atoms with Gasteiger partial charge in [-0.05, 0) is 35.6 Å². The van der Waals surface area contributed by atoms with Crippen molar-refractivity contribution < 1.29 is 9.53 Å². The molecule has 0 radical (unpaired) electrons. The van der Waals surface area contributed by atoms with Gasteiger partial charge in [0.15, 0.2) is 0 Å². The first kappa shape index (κ1) is 17.1. The van der Waals surface area contributed by atoms with Crippen LogP contribution in [0.4, 0.5) is 0 Å². The minimum Gasteiger partial charge on any atom is -0.497 e. The molecule has 0 aliphatic heterocycles. The van der Waals surface area contributed by atoms with Gasteiger partial charge in [-0.25, -0.2) is 4.98 Å². The summed E-state index contributed by atoms with van der Waals surface area (Å²) in [6.45, 7) is 1.95. The number of ether oxygens (including phenoxy) is 1. The molecule has 3 aromatic rings. The summed E-state index contributed by atoms with van der Waals surface area (Å²) in [4.78, 5) is 17.7. The van der Waals surface area contributed by atoms with E-state index in [1.54, 1.807) is 13.3 Å². The van der Waals surface area contributed by atoms with Gasteiger partial charge in [0.1, 0.15) is 22.5 Å². The summed E-state index contributed by atoms with van der Waals surface area (Å²) in [5.74, 6) is 1.30. The van der Waals surface area contributed by atoms with Crippen molar-refractivity contribution in [2.45, 2.75) is 19.4 Å². The summed E-state index contributed by atoms with van der Waals surface area (Å²) in [5, 5.41) is 7.07. The van der Waals surface area contributed by atoms with E-state index in [2.05, 4.69) is 19.9 Å². The lowest BCUT2D eigenvalue weighted by Gasteiger charge is -2.19. The van der Waals surface area contributed by atoms with Crippen molar-refractivity contribution in [1.29, 1.82) is 0 Å². The van der Waals surface area contributed by atoms with E-state index in [0.717, 1.165) is 28.7 Å². The Morgan fingerprint density at radius 2 is 2.12 bits per heavy atom. The monoisotopic (exact) mass is 357 g/mol. The van der Waals surface area contributed by atoms with Gasteiger partial charge in [-0.2, -0.15) is 0 Å². The molecule has 2 heterocycles. The second kappa shape index (κ2) is 7.43. The van der Waals surface area contributed by atoms with Crippen LogP contribution in [-0.4, -0.2) is 32.2 Å². The van der Waals surface area contributed by atoms with E-state index < -0.39 is 0 Å². The summed E-state index contributed by atoms with van der Waals surface area (Å²) >= 11 is 1.11. The Morgan fingerprint density at radius 3 is 2.72 bits per heavy atom. The third-order valence-corrected chi connectivity index (χ3v) is 4.70. The maximum Gasteiger partial charge on any atom is 0.265 e. The van der Waals surface area contributed by atoms with Crippen molar-refractivity contribution in [1.82, 2.24) is 24.5 Å². The van der Waals surface area contributed by atoms with Crippen LogP contribution >= 0.6 is 11.5 Å². The third-order valence-electron chi connectivity index (χ3n) is 3.94. The molecule has 130 valence electrons. The fraction of sp³-hybridized carbons (Fsp3) is 0.294. The van der Waals surface area contributed by atoms with Gasteiger partial charge in [0, 0.05) is 19.4 Å². The Hall–Kier alpha value is -2.74. The lowest BCUT2D eigenvalue weighted by atomic mass is 10.1. The summed E-state index contributed by atoms with van der Waals surface area (Å²) in [6, 6.07) is 7.19. The molecule has 1 aromatic carbocycles. The van der Waals surface area contributed by atoms with Crippen molar-refractivity contribution >= 4 is 17.4 Å². The molecule has 0 spiro atoms. The van der Waals surface area contributed by atoms with E-state index >= 15 is 0 Å². The fourth-order valence-electron chi connectivity index (χ4n) is 2.56. The second-order valence-corrected chi connectivity index (χ2v) is 6.23. The molecule has 0 fully saturated rings. The van der Waals surface area contributed by atoms with Crippen LogP contribution in [0.1, 0.15) is 39.7 Å². The molecule has 1 N–H and O–H groups in total. The molecule has 0 saturated heterocycles. The molecule has 8 heteroatoms. The number of carbonyl (C=O) groups excluding carboxylic acids is 1. The van der Waals surface area contributed by atoms with Crippen molar-refractivity contribution in [2.24, 2.45) is 7.05 Å². The number of nitrogens with one attached hydrogen (secondary N) is 1. The van der Waals surface area contributed by atoms with E-state index in [-0.39, 0.29) is 11.9 Å². The summed E-state index contributed by atoms with van der Waals surface area (Å²) in [5.41, 5.74) is 1.62. The molecule has 25 heavy (non-hydrogen) atoms. The minimum absolute atomic E-state index is 0.198. The Balaban J connectivity index is 1.94. The van der Waals surface area contributed by atoms with Crippen molar-refractivity contribution in [3.05, 3.63) is 58.6 Å². The molecule has 0 aliphatic carbocycles. The van der Waals surface area contributed by atoms with Crippen LogP contribution in [0.15, 0.2) is 36.7 Å². The molecule has 1 amide bonds. The van der Waals surface area contributed by atoms with Gasteiger partial charge in [0.25, 0.3) is 5.91 Å². The molecule has 2 aromatic heterocycles. The zero-order valence-electron chi connectivity index (χ0n) is 14.3. The van der Waals surface area contributed by atoms with Crippen LogP contribution in [0.25, 0.3) is 0 Å². The predicted octanol–water partition coefficient (Wildman–Crippen LogP) is 2.36. The number of amides is 1. The van der Waals surface area contributed by atoms with Gasteiger partial charge in [0.2, 0.25) is 0 Å². The molecule has 0 aliphatic rings. The molecule has 1 atom stereocenters. The van der Waals surface area contributed by atoms with Crippen molar-refractivity contribution in [3.63, 3.8) is 0 Å². The third kappa shape index (κ3) is 3.53. The number of aryl methyl sites for hydroxylation is 2. The maximum atomic E-state index is 12.8. The van der Waals surface area contributed by atoms with Gasteiger partial charge in [-0.15, -0.1) is 5.10 Å². The van der Waals surface area contributed by atoms with Gasteiger partial charge in [-0.3, -0.25) is 4.79 Å². The number of hydrogen-bond donors (Lipinski definition) is 1. The second-order valence-electron chi connectivity index (χ2n) is 5.48. The normalized spacial score (nSPS) is 12.0. The quantitative estimate of drug-likeness (QED) is 0.732. The number of methoxy groups -OCH3 is 1. The highest BCUT2D eigenvalue weighted by Crippen LogP contribution is 2.24. The number of hydrogen-bond acceptors (Lipinski definition) is 6. The van der Waals surface area contributed by atoms with Crippen LogP contribution < -0.4 is 10.1 Å². The Morgan fingerprint density at radius 1 is 1.36 bits per heavy atom. The summed E-state index contributed by atoms with van der Waals surface area (Å²) in [7, 11) is 3.52. The number of rotatable bonds is 6. The van der Waals surface area contributed by atoms with E-state index in [4.69, 9.17) is 4.74 Å². The van der Waals surface area contributed by atoms with Gasteiger partial charge in [0.05, 0.1) is 12.8 Å². The molecular formula is C17H19N5O2S. The highest BCUT2D eigenvalue weighted by molar-refractivity contribution is 7.08.